The molecule has 1 saturated heterocycles. The Labute approximate surface area is 182 Å². The van der Waals surface area contributed by atoms with Crippen LogP contribution >= 0.6 is 0 Å². The van der Waals surface area contributed by atoms with E-state index in [1.54, 1.807) is 0 Å². The molecule has 0 aliphatic carbocycles. The average molecular weight is 431 g/mol. The van der Waals surface area contributed by atoms with Crippen molar-refractivity contribution in [2.24, 2.45) is 0 Å². The van der Waals surface area contributed by atoms with Crippen LogP contribution in [0.2, 0.25) is 0 Å². The van der Waals surface area contributed by atoms with Crippen LogP contribution in [0.25, 0.3) is 0 Å². The highest BCUT2D eigenvalue weighted by Gasteiger charge is 2.12. The minimum Gasteiger partial charge on any atom is -0.494 e. The maximum Gasteiger partial charge on any atom is 0.414 e. The summed E-state index contributed by atoms with van der Waals surface area (Å²) >= 11 is 0. The van der Waals surface area contributed by atoms with Crippen LogP contribution in [0.3, 0.4) is 0 Å². The Morgan fingerprint density at radius 1 is 0.839 bits per heavy atom. The van der Waals surface area contributed by atoms with E-state index in [9.17, 15) is 0 Å². The van der Waals surface area contributed by atoms with Crippen molar-refractivity contribution < 1.29 is 29.3 Å². The predicted molar refractivity (Wildman–Crippen MR) is 117 cm³/mol. The van der Waals surface area contributed by atoms with Gasteiger partial charge in [-0.3, -0.25) is 0 Å². The molecular formula is C23H30N2O6. The minimum absolute atomic E-state index is 0.589. The molecule has 0 aromatic heterocycles. The fraction of sp³-hybridized carbons (Fsp3) is 0.391. The quantitative estimate of drug-likeness (QED) is 0.487. The summed E-state index contributed by atoms with van der Waals surface area (Å²) in [5, 5.41) is 14.8. The van der Waals surface area contributed by atoms with Gasteiger partial charge in [0, 0.05) is 32.7 Å². The number of hydrogen-bond acceptors (Lipinski definition) is 6. The Morgan fingerprint density at radius 2 is 1.39 bits per heavy atom. The van der Waals surface area contributed by atoms with Gasteiger partial charge in [0.25, 0.3) is 0 Å². The molecule has 1 fully saturated rings. The highest BCUT2D eigenvalue weighted by atomic mass is 16.5. The number of aliphatic carboxylic acids is 2. The van der Waals surface area contributed by atoms with Gasteiger partial charge in [0.1, 0.15) is 18.1 Å². The van der Waals surface area contributed by atoms with Gasteiger partial charge in [-0.15, -0.1) is 0 Å². The number of carboxylic acid groups (broad SMARTS) is 2. The number of carbonyl (C=O) groups is 2. The van der Waals surface area contributed by atoms with E-state index in [2.05, 4.69) is 29.0 Å². The molecule has 0 bridgehead atoms. The molecule has 0 atom stereocenters. The molecule has 0 radical (unpaired) electrons. The second kappa shape index (κ2) is 13.3. The molecule has 2 N–H and O–H groups in total. The summed E-state index contributed by atoms with van der Waals surface area (Å²) in [6.07, 6.45) is 1.07. The minimum atomic E-state index is -1.82. The second-order valence-corrected chi connectivity index (χ2v) is 7.20. The molecule has 0 saturated carbocycles. The van der Waals surface area contributed by atoms with E-state index < -0.39 is 11.9 Å². The number of ether oxygens (including phenoxy) is 2. The summed E-state index contributed by atoms with van der Waals surface area (Å²) in [5.74, 6) is -1.87. The summed E-state index contributed by atoms with van der Waals surface area (Å²) in [6.45, 7) is 7.15. The van der Waals surface area contributed by atoms with Crippen molar-refractivity contribution in [3.05, 3.63) is 60.2 Å². The van der Waals surface area contributed by atoms with E-state index in [0.29, 0.717) is 6.61 Å². The predicted octanol–water partition coefficient (Wildman–Crippen LogP) is 2.44. The maximum atomic E-state index is 9.10. The summed E-state index contributed by atoms with van der Waals surface area (Å²) in [6, 6.07) is 18.1. The van der Waals surface area contributed by atoms with Gasteiger partial charge in [0.2, 0.25) is 0 Å². The molecule has 0 unspecified atom stereocenters. The molecule has 0 amide bonds. The van der Waals surface area contributed by atoms with Gasteiger partial charge in [-0.05, 0) is 43.3 Å². The molecule has 1 aliphatic rings. The second-order valence-electron chi connectivity index (χ2n) is 7.20. The van der Waals surface area contributed by atoms with Gasteiger partial charge in [0.05, 0.1) is 6.61 Å². The molecule has 168 valence electrons. The lowest BCUT2D eigenvalue weighted by Crippen LogP contribution is -2.44. The van der Waals surface area contributed by atoms with Crippen molar-refractivity contribution >= 4 is 11.9 Å². The van der Waals surface area contributed by atoms with Gasteiger partial charge in [0.15, 0.2) is 0 Å². The first-order valence-corrected chi connectivity index (χ1v) is 10.2. The van der Waals surface area contributed by atoms with Crippen LogP contribution in [0.1, 0.15) is 12.0 Å². The molecular weight excluding hydrogens is 400 g/mol. The van der Waals surface area contributed by atoms with Crippen LogP contribution in [0.15, 0.2) is 54.6 Å². The van der Waals surface area contributed by atoms with Gasteiger partial charge in [-0.1, -0.05) is 30.3 Å². The van der Waals surface area contributed by atoms with Crippen LogP contribution in [-0.4, -0.2) is 78.3 Å². The van der Waals surface area contributed by atoms with E-state index in [-0.39, 0.29) is 0 Å². The lowest BCUT2D eigenvalue weighted by molar-refractivity contribution is -0.159. The van der Waals surface area contributed by atoms with Crippen molar-refractivity contribution in [1.82, 2.24) is 9.80 Å². The Hall–Kier alpha value is -3.10. The molecule has 0 spiro atoms. The molecule has 1 heterocycles. The number of rotatable bonds is 8. The van der Waals surface area contributed by atoms with E-state index in [0.717, 1.165) is 31.1 Å². The molecule has 2 aromatic carbocycles. The third kappa shape index (κ3) is 9.97. The smallest absolute Gasteiger partial charge is 0.414 e. The maximum absolute atomic E-state index is 9.10. The largest absolute Gasteiger partial charge is 0.494 e. The summed E-state index contributed by atoms with van der Waals surface area (Å²) in [5.41, 5.74) is 1.17. The normalized spacial score (nSPS) is 14.2. The number of carboxylic acids is 2. The molecule has 2 aromatic rings. The Kier molecular flexibility index (Phi) is 10.3. The van der Waals surface area contributed by atoms with Crippen LogP contribution in [0, 0.1) is 0 Å². The van der Waals surface area contributed by atoms with Gasteiger partial charge in [-0.2, -0.15) is 0 Å². The first-order valence-electron chi connectivity index (χ1n) is 10.2. The van der Waals surface area contributed by atoms with Crippen molar-refractivity contribution in [3.63, 3.8) is 0 Å². The Morgan fingerprint density at radius 3 is 1.94 bits per heavy atom. The summed E-state index contributed by atoms with van der Waals surface area (Å²) in [7, 11) is 2.19. The van der Waals surface area contributed by atoms with Gasteiger partial charge in [-0.25, -0.2) is 9.59 Å². The number of benzene rings is 2. The fourth-order valence-corrected chi connectivity index (χ4v) is 2.92. The number of piperazine rings is 1. The highest BCUT2D eigenvalue weighted by Crippen LogP contribution is 2.19. The monoisotopic (exact) mass is 430 g/mol. The molecule has 31 heavy (non-hydrogen) atoms. The lowest BCUT2D eigenvalue weighted by atomic mass is 10.2. The van der Waals surface area contributed by atoms with Crippen molar-refractivity contribution in [2.75, 3.05) is 46.4 Å². The summed E-state index contributed by atoms with van der Waals surface area (Å²) in [4.78, 5) is 23.1. The number of nitrogens with zero attached hydrogens (tertiary/aromatic N) is 2. The zero-order valence-electron chi connectivity index (χ0n) is 17.8. The van der Waals surface area contributed by atoms with E-state index >= 15 is 0 Å². The topological polar surface area (TPSA) is 99.5 Å². The number of hydrogen-bond donors (Lipinski definition) is 2. The lowest BCUT2D eigenvalue weighted by Gasteiger charge is -2.32. The molecule has 1 aliphatic heterocycles. The molecule has 8 heteroatoms. The molecule has 8 nitrogen and oxygen atoms in total. The van der Waals surface area contributed by atoms with E-state index in [1.807, 2.05) is 42.5 Å². The van der Waals surface area contributed by atoms with Crippen LogP contribution in [-0.2, 0) is 16.2 Å². The Bertz CT molecular complexity index is 777. The highest BCUT2D eigenvalue weighted by molar-refractivity contribution is 6.27. The first kappa shape index (κ1) is 24.2. The first-order chi connectivity index (χ1) is 14.9. The van der Waals surface area contributed by atoms with Crippen molar-refractivity contribution in [1.29, 1.82) is 0 Å². The van der Waals surface area contributed by atoms with E-state index in [4.69, 9.17) is 29.3 Å². The van der Waals surface area contributed by atoms with Crippen LogP contribution < -0.4 is 9.47 Å². The fourth-order valence-electron chi connectivity index (χ4n) is 2.92. The third-order valence-corrected chi connectivity index (χ3v) is 4.74. The SMILES string of the molecule is CN1CCN(CCCOc2ccc(OCc3ccccc3)cc2)CC1.O=C(O)C(=O)O. The zero-order chi connectivity index (χ0) is 22.5. The van der Waals surface area contributed by atoms with E-state index in [1.165, 1.54) is 31.7 Å². The summed E-state index contributed by atoms with van der Waals surface area (Å²) < 4.78 is 11.6. The standard InChI is InChI=1S/C21H28N2O2.C2H2O4/c1-22-13-15-23(16-14-22)12-5-17-24-20-8-10-21(11-9-20)25-18-19-6-3-2-4-7-19;3-1(4)2(5)6/h2-4,6-11H,5,12-18H2,1H3;(H,3,4)(H,5,6). The Balaban J connectivity index is 0.000000501. The average Bonchev–Trinajstić information content (AvgIpc) is 2.78. The van der Waals surface area contributed by atoms with Crippen LogP contribution in [0.5, 0.6) is 11.5 Å². The van der Waals surface area contributed by atoms with Crippen molar-refractivity contribution in [2.45, 2.75) is 13.0 Å². The van der Waals surface area contributed by atoms with Crippen LogP contribution in [0.4, 0.5) is 0 Å². The van der Waals surface area contributed by atoms with Gasteiger partial charge < -0.3 is 29.5 Å². The molecule has 3 rings (SSSR count). The van der Waals surface area contributed by atoms with Gasteiger partial charge >= 0.3 is 11.9 Å². The zero-order valence-corrected chi connectivity index (χ0v) is 17.8. The third-order valence-electron chi connectivity index (χ3n) is 4.74. The number of likely N-dealkylation sites (N-methyl/N-ethyl adjacent to an activating group) is 1. The van der Waals surface area contributed by atoms with Crippen molar-refractivity contribution in [3.8, 4) is 11.5 Å².